The SMILES string of the molecule is Cc1nc(N(C)C)sc1C(=O)N[C@@H](C)CNc1ccccc1. The van der Waals surface area contributed by atoms with Gasteiger partial charge in [-0.1, -0.05) is 29.5 Å². The van der Waals surface area contributed by atoms with Crippen molar-refractivity contribution in [2.75, 3.05) is 30.9 Å². The molecule has 0 aliphatic rings. The Hall–Kier alpha value is -2.08. The van der Waals surface area contributed by atoms with E-state index >= 15 is 0 Å². The van der Waals surface area contributed by atoms with Crippen LogP contribution in [-0.4, -0.2) is 37.6 Å². The maximum Gasteiger partial charge on any atom is 0.263 e. The highest BCUT2D eigenvalue weighted by molar-refractivity contribution is 7.17. The summed E-state index contributed by atoms with van der Waals surface area (Å²) < 4.78 is 0. The number of hydrogen-bond donors (Lipinski definition) is 2. The van der Waals surface area contributed by atoms with Gasteiger partial charge in [-0.05, 0) is 26.0 Å². The molecule has 0 spiro atoms. The second-order valence-electron chi connectivity index (χ2n) is 5.43. The number of benzene rings is 1. The van der Waals surface area contributed by atoms with Gasteiger partial charge in [-0.3, -0.25) is 4.79 Å². The van der Waals surface area contributed by atoms with Gasteiger partial charge in [-0.2, -0.15) is 0 Å². The average molecular weight is 318 g/mol. The number of thiazole rings is 1. The van der Waals surface area contributed by atoms with Crippen LogP contribution >= 0.6 is 11.3 Å². The Balaban J connectivity index is 1.91. The number of carbonyl (C=O) groups excluding carboxylic acids is 1. The standard InChI is InChI=1S/C16H22N4OS/c1-11(10-17-13-8-6-5-7-9-13)18-15(21)14-12(2)19-16(22-14)20(3)4/h5-9,11,17H,10H2,1-4H3,(H,18,21)/t11-/m0/s1. The lowest BCUT2D eigenvalue weighted by molar-refractivity contribution is 0.0945. The molecule has 0 unspecified atom stereocenters. The second kappa shape index (κ2) is 7.26. The smallest absolute Gasteiger partial charge is 0.263 e. The molecule has 0 saturated heterocycles. The maximum absolute atomic E-state index is 12.3. The quantitative estimate of drug-likeness (QED) is 0.860. The Kier molecular flexibility index (Phi) is 5.38. The van der Waals surface area contributed by atoms with Crippen molar-refractivity contribution in [2.24, 2.45) is 0 Å². The van der Waals surface area contributed by atoms with Crippen molar-refractivity contribution in [3.63, 3.8) is 0 Å². The zero-order chi connectivity index (χ0) is 16.1. The zero-order valence-corrected chi connectivity index (χ0v) is 14.2. The molecule has 1 atom stereocenters. The van der Waals surface area contributed by atoms with Crippen LogP contribution in [0.5, 0.6) is 0 Å². The topological polar surface area (TPSA) is 57.3 Å². The highest BCUT2D eigenvalue weighted by Crippen LogP contribution is 2.24. The summed E-state index contributed by atoms with van der Waals surface area (Å²) in [6, 6.07) is 9.98. The molecular weight excluding hydrogens is 296 g/mol. The normalized spacial score (nSPS) is 11.8. The zero-order valence-electron chi connectivity index (χ0n) is 13.4. The molecule has 2 rings (SSSR count). The van der Waals surface area contributed by atoms with E-state index in [1.807, 2.05) is 63.2 Å². The largest absolute Gasteiger partial charge is 0.383 e. The predicted molar refractivity (Wildman–Crippen MR) is 93.0 cm³/mol. The molecule has 0 aliphatic heterocycles. The number of nitrogens with zero attached hydrogens (tertiary/aromatic N) is 2. The lowest BCUT2D eigenvalue weighted by atomic mass is 10.2. The van der Waals surface area contributed by atoms with Crippen molar-refractivity contribution in [1.82, 2.24) is 10.3 Å². The monoisotopic (exact) mass is 318 g/mol. The molecule has 5 nitrogen and oxygen atoms in total. The number of carbonyl (C=O) groups is 1. The van der Waals surface area contributed by atoms with Crippen molar-refractivity contribution < 1.29 is 4.79 Å². The van der Waals surface area contributed by atoms with Crippen LogP contribution < -0.4 is 15.5 Å². The summed E-state index contributed by atoms with van der Waals surface area (Å²) in [6.45, 7) is 4.52. The Labute approximate surface area is 135 Å². The van der Waals surface area contributed by atoms with Crippen LogP contribution in [0.4, 0.5) is 10.8 Å². The Morgan fingerprint density at radius 1 is 1.32 bits per heavy atom. The molecule has 0 radical (unpaired) electrons. The number of aryl methyl sites for hydroxylation is 1. The van der Waals surface area contributed by atoms with E-state index in [1.54, 1.807) is 0 Å². The molecule has 22 heavy (non-hydrogen) atoms. The Morgan fingerprint density at radius 3 is 2.59 bits per heavy atom. The molecule has 0 saturated carbocycles. The molecule has 118 valence electrons. The summed E-state index contributed by atoms with van der Waals surface area (Å²) in [7, 11) is 3.85. The van der Waals surface area contributed by atoms with Gasteiger partial charge in [0.25, 0.3) is 5.91 Å². The van der Waals surface area contributed by atoms with E-state index < -0.39 is 0 Å². The first-order valence-electron chi connectivity index (χ1n) is 7.22. The van der Waals surface area contributed by atoms with E-state index in [0.29, 0.717) is 11.4 Å². The highest BCUT2D eigenvalue weighted by Gasteiger charge is 2.17. The molecule has 0 bridgehead atoms. The maximum atomic E-state index is 12.3. The third kappa shape index (κ3) is 4.21. The minimum atomic E-state index is -0.0644. The molecule has 1 amide bonds. The first kappa shape index (κ1) is 16.3. The number of hydrogen-bond acceptors (Lipinski definition) is 5. The minimum absolute atomic E-state index is 0.0250. The third-order valence-electron chi connectivity index (χ3n) is 3.14. The fourth-order valence-electron chi connectivity index (χ4n) is 1.95. The van der Waals surface area contributed by atoms with Crippen LogP contribution in [0, 0.1) is 6.92 Å². The van der Waals surface area contributed by atoms with Crippen LogP contribution in [0.15, 0.2) is 30.3 Å². The summed E-state index contributed by atoms with van der Waals surface area (Å²) in [6.07, 6.45) is 0. The molecule has 6 heteroatoms. The Morgan fingerprint density at radius 2 is 2.00 bits per heavy atom. The van der Waals surface area contributed by atoms with Gasteiger partial charge in [0.2, 0.25) is 0 Å². The molecule has 0 aliphatic carbocycles. The molecule has 2 N–H and O–H groups in total. The van der Waals surface area contributed by atoms with Crippen molar-refractivity contribution in [3.05, 3.63) is 40.9 Å². The van der Waals surface area contributed by atoms with Gasteiger partial charge in [0.15, 0.2) is 5.13 Å². The van der Waals surface area contributed by atoms with E-state index in [-0.39, 0.29) is 11.9 Å². The predicted octanol–water partition coefficient (Wildman–Crippen LogP) is 2.75. The highest BCUT2D eigenvalue weighted by atomic mass is 32.1. The minimum Gasteiger partial charge on any atom is -0.383 e. The van der Waals surface area contributed by atoms with E-state index in [0.717, 1.165) is 16.5 Å². The van der Waals surface area contributed by atoms with Gasteiger partial charge in [0, 0.05) is 32.4 Å². The summed E-state index contributed by atoms with van der Waals surface area (Å²) in [5, 5.41) is 7.16. The first-order chi connectivity index (χ1) is 10.5. The first-order valence-corrected chi connectivity index (χ1v) is 8.03. The molecule has 1 heterocycles. The van der Waals surface area contributed by atoms with Gasteiger partial charge < -0.3 is 15.5 Å². The number of para-hydroxylation sites is 1. The summed E-state index contributed by atoms with van der Waals surface area (Å²) in [5.41, 5.74) is 1.82. The number of aromatic nitrogens is 1. The fraction of sp³-hybridized carbons (Fsp3) is 0.375. The molecule has 0 fully saturated rings. The van der Waals surface area contributed by atoms with Gasteiger partial charge in [0.05, 0.1) is 5.69 Å². The fourth-order valence-corrected chi connectivity index (χ4v) is 2.84. The second-order valence-corrected chi connectivity index (χ2v) is 6.40. The lowest BCUT2D eigenvalue weighted by Gasteiger charge is -2.15. The van der Waals surface area contributed by atoms with Crippen molar-refractivity contribution in [2.45, 2.75) is 19.9 Å². The number of amides is 1. The molecule has 1 aromatic carbocycles. The Bertz CT molecular complexity index is 624. The van der Waals surface area contributed by atoms with Gasteiger partial charge in [0.1, 0.15) is 4.88 Å². The summed E-state index contributed by atoms with van der Waals surface area (Å²) in [5.74, 6) is -0.0644. The summed E-state index contributed by atoms with van der Waals surface area (Å²) >= 11 is 1.41. The van der Waals surface area contributed by atoms with Crippen molar-refractivity contribution in [1.29, 1.82) is 0 Å². The molecule has 1 aromatic heterocycles. The van der Waals surface area contributed by atoms with Crippen LogP contribution in [0.25, 0.3) is 0 Å². The van der Waals surface area contributed by atoms with Crippen LogP contribution in [0.3, 0.4) is 0 Å². The average Bonchev–Trinajstić information content (AvgIpc) is 2.88. The van der Waals surface area contributed by atoms with E-state index in [2.05, 4.69) is 15.6 Å². The third-order valence-corrected chi connectivity index (χ3v) is 4.46. The van der Waals surface area contributed by atoms with Crippen LogP contribution in [0.1, 0.15) is 22.3 Å². The molecule has 2 aromatic rings. The van der Waals surface area contributed by atoms with E-state index in [4.69, 9.17) is 0 Å². The van der Waals surface area contributed by atoms with E-state index in [9.17, 15) is 4.79 Å². The van der Waals surface area contributed by atoms with Crippen molar-refractivity contribution in [3.8, 4) is 0 Å². The lowest BCUT2D eigenvalue weighted by Crippen LogP contribution is -2.37. The van der Waals surface area contributed by atoms with Gasteiger partial charge in [-0.25, -0.2) is 4.98 Å². The molecular formula is C16H22N4OS. The van der Waals surface area contributed by atoms with Gasteiger partial charge >= 0.3 is 0 Å². The van der Waals surface area contributed by atoms with Gasteiger partial charge in [-0.15, -0.1) is 0 Å². The number of anilines is 2. The van der Waals surface area contributed by atoms with Crippen molar-refractivity contribution >= 4 is 28.1 Å². The number of rotatable bonds is 6. The van der Waals surface area contributed by atoms with Crippen LogP contribution in [-0.2, 0) is 0 Å². The number of nitrogens with one attached hydrogen (secondary N) is 2. The van der Waals surface area contributed by atoms with Crippen LogP contribution in [0.2, 0.25) is 0 Å². The summed E-state index contributed by atoms with van der Waals surface area (Å²) in [4.78, 5) is 19.3. The van der Waals surface area contributed by atoms with E-state index in [1.165, 1.54) is 11.3 Å².